The number of sulfonamides is 1. The van der Waals surface area contributed by atoms with E-state index in [4.69, 9.17) is 9.88 Å². The maximum absolute atomic E-state index is 12.4. The number of ether oxygens (including phenoxy) is 1. The van der Waals surface area contributed by atoms with Gasteiger partial charge >= 0.3 is 18.9 Å². The van der Waals surface area contributed by atoms with Crippen LogP contribution in [-0.4, -0.2) is 108 Å². The number of pyridine rings is 1. The Morgan fingerprint density at radius 1 is 1.16 bits per heavy atom. The van der Waals surface area contributed by atoms with Gasteiger partial charge in [-0.05, 0) is 95.5 Å². The molecule has 2 aliphatic rings. The van der Waals surface area contributed by atoms with E-state index < -0.39 is 10.0 Å². The van der Waals surface area contributed by atoms with Crippen LogP contribution >= 0.6 is 11.8 Å². The van der Waals surface area contributed by atoms with E-state index in [9.17, 15) is 13.2 Å². The number of carbonyl (C=O) groups is 1. The minimum absolute atomic E-state index is 0. The molecule has 0 unspecified atom stereocenters. The van der Waals surface area contributed by atoms with Gasteiger partial charge in [-0.2, -0.15) is 0 Å². The van der Waals surface area contributed by atoms with Crippen LogP contribution in [0.4, 0.5) is 11.5 Å². The standard InChI is InChI=1S/C16H19N3S.C15H23N3O4S.Li.H/c1-18(2)11-6-12-19-13-7-3-4-8-14(13)20-15-9-5-10-17-16(15)19;1-3-18-8-4-5-11(18)10-17-15(19)13-9-12(23(16,20)21)6-7-14(13)22-2;;/h3-5,7-10H,6,11-12H2,1-2H3;6-7,9,11H,3-5,8,10H2,1-2H3,(H,17,19)(H2,16,20,21);;/t;11-;;/m.0../s1. The van der Waals surface area contributed by atoms with Crippen LogP contribution < -0.4 is 20.1 Å². The van der Waals surface area contributed by atoms with Crippen molar-refractivity contribution in [2.24, 2.45) is 5.14 Å². The molecule has 3 N–H and O–H groups in total. The third-order valence-electron chi connectivity index (χ3n) is 7.52. The number of aromatic nitrogens is 1. The summed E-state index contributed by atoms with van der Waals surface area (Å²) < 4.78 is 28.1. The number of amides is 1. The molecule has 1 saturated heterocycles. The first-order valence-corrected chi connectivity index (χ1v) is 16.9. The molecule has 0 radical (unpaired) electrons. The zero-order valence-electron chi connectivity index (χ0n) is 25.3. The van der Waals surface area contributed by atoms with Crippen LogP contribution in [0.5, 0.6) is 5.75 Å². The van der Waals surface area contributed by atoms with Crippen molar-refractivity contribution in [3.8, 4) is 5.75 Å². The molecular formula is C31H43LiN6O4S2. The van der Waals surface area contributed by atoms with E-state index in [-0.39, 0.29) is 35.2 Å². The van der Waals surface area contributed by atoms with Gasteiger partial charge in [-0.3, -0.25) is 9.69 Å². The molecule has 0 saturated carbocycles. The van der Waals surface area contributed by atoms with Crippen molar-refractivity contribution in [3.63, 3.8) is 0 Å². The number of nitrogens with zero attached hydrogens (tertiary/aromatic N) is 4. The molecule has 234 valence electrons. The molecule has 13 heteroatoms. The summed E-state index contributed by atoms with van der Waals surface area (Å²) in [4.78, 5) is 26.3. The van der Waals surface area contributed by atoms with E-state index in [0.29, 0.717) is 18.3 Å². The van der Waals surface area contributed by atoms with E-state index in [1.807, 2.05) is 24.0 Å². The zero-order chi connectivity index (χ0) is 31.0. The summed E-state index contributed by atoms with van der Waals surface area (Å²) in [5.41, 5.74) is 1.45. The van der Waals surface area contributed by atoms with E-state index in [1.54, 1.807) is 0 Å². The van der Waals surface area contributed by atoms with Gasteiger partial charge in [-0.1, -0.05) is 30.8 Å². The fourth-order valence-corrected chi connectivity index (χ4v) is 6.93. The molecule has 2 aromatic carbocycles. The topological polar surface area (TPSA) is 121 Å². The van der Waals surface area contributed by atoms with Crippen molar-refractivity contribution in [3.05, 3.63) is 66.4 Å². The van der Waals surface area contributed by atoms with Crippen molar-refractivity contribution in [2.75, 3.05) is 58.8 Å². The molecule has 0 spiro atoms. The summed E-state index contributed by atoms with van der Waals surface area (Å²) in [6.07, 6.45) is 5.18. The maximum atomic E-state index is 12.4. The summed E-state index contributed by atoms with van der Waals surface area (Å²) in [5.74, 6) is 1.04. The Labute approximate surface area is 277 Å². The summed E-state index contributed by atoms with van der Waals surface area (Å²) in [6.45, 7) is 6.70. The number of hydrogen-bond donors (Lipinski definition) is 2. The van der Waals surface area contributed by atoms with Crippen molar-refractivity contribution >= 4 is 58.1 Å². The van der Waals surface area contributed by atoms with Crippen molar-refractivity contribution < 1.29 is 17.9 Å². The Balaban J connectivity index is 0.000000237. The molecule has 44 heavy (non-hydrogen) atoms. The Morgan fingerprint density at radius 3 is 2.61 bits per heavy atom. The number of benzene rings is 2. The van der Waals surface area contributed by atoms with Crippen LogP contribution in [0.1, 0.15) is 36.5 Å². The number of anilines is 2. The van der Waals surface area contributed by atoms with Gasteiger partial charge in [0, 0.05) is 30.2 Å². The number of likely N-dealkylation sites (N-methyl/N-ethyl adjacent to an activating group) is 1. The predicted octanol–water partition coefficient (Wildman–Crippen LogP) is 3.54. The number of nitrogens with two attached hydrogens (primary N) is 1. The average Bonchev–Trinajstić information content (AvgIpc) is 3.46. The number of para-hydroxylation sites is 1. The van der Waals surface area contributed by atoms with Crippen LogP contribution in [-0.2, 0) is 10.0 Å². The monoisotopic (exact) mass is 634 g/mol. The van der Waals surface area contributed by atoms with Gasteiger partial charge in [0.2, 0.25) is 10.0 Å². The van der Waals surface area contributed by atoms with Gasteiger partial charge in [0.25, 0.3) is 5.91 Å². The second-order valence-corrected chi connectivity index (χ2v) is 13.4. The Morgan fingerprint density at radius 2 is 1.91 bits per heavy atom. The Kier molecular flexibility index (Phi) is 13.6. The summed E-state index contributed by atoms with van der Waals surface area (Å²) in [5, 5.41) is 7.98. The number of carbonyl (C=O) groups excluding carboxylic acids is 1. The third kappa shape index (κ3) is 9.23. The van der Waals surface area contributed by atoms with Gasteiger partial charge in [0.15, 0.2) is 0 Å². The van der Waals surface area contributed by atoms with Gasteiger partial charge in [-0.25, -0.2) is 18.5 Å². The summed E-state index contributed by atoms with van der Waals surface area (Å²) in [7, 11) is 1.79. The Bertz CT molecular complexity index is 1460. The SMILES string of the molecule is CCN1CCC[C@H]1CNC(=O)c1cc(S(N)(=O)=O)ccc1OC.CN(C)CCCN1c2ccccc2Sc2cccnc21.[LiH]. The molecule has 1 amide bonds. The van der Waals surface area contributed by atoms with Crippen molar-refractivity contribution in [1.82, 2.24) is 20.1 Å². The van der Waals surface area contributed by atoms with Crippen molar-refractivity contribution in [2.45, 2.75) is 46.9 Å². The number of primary sulfonamides is 1. The van der Waals surface area contributed by atoms with Gasteiger partial charge in [0.05, 0.1) is 28.2 Å². The number of rotatable bonds is 10. The third-order valence-corrected chi connectivity index (χ3v) is 9.53. The number of nitrogens with one attached hydrogen (secondary N) is 1. The van der Waals surface area contributed by atoms with E-state index in [2.05, 4.69) is 76.4 Å². The first kappa shape index (κ1) is 35.9. The molecule has 1 atom stereocenters. The van der Waals surface area contributed by atoms with Crippen LogP contribution in [0.25, 0.3) is 0 Å². The van der Waals surface area contributed by atoms with Gasteiger partial charge in [0.1, 0.15) is 11.6 Å². The van der Waals surface area contributed by atoms with Gasteiger partial charge in [-0.15, -0.1) is 0 Å². The first-order chi connectivity index (χ1) is 20.6. The first-order valence-electron chi connectivity index (χ1n) is 14.5. The molecule has 3 heterocycles. The molecule has 10 nitrogen and oxygen atoms in total. The second-order valence-electron chi connectivity index (χ2n) is 10.7. The fourth-order valence-electron chi connectivity index (χ4n) is 5.32. The van der Waals surface area contributed by atoms with Crippen LogP contribution in [0.2, 0.25) is 0 Å². The van der Waals surface area contributed by atoms with E-state index in [0.717, 1.165) is 51.3 Å². The fraction of sp³-hybridized carbons (Fsp3) is 0.419. The molecule has 1 aromatic heterocycles. The van der Waals surface area contributed by atoms with E-state index in [1.165, 1.54) is 40.8 Å². The van der Waals surface area contributed by atoms with Gasteiger partial charge < -0.3 is 19.9 Å². The summed E-state index contributed by atoms with van der Waals surface area (Å²) in [6, 6.07) is 17.1. The number of hydrogen-bond acceptors (Lipinski definition) is 9. The van der Waals surface area contributed by atoms with E-state index >= 15 is 0 Å². The molecular weight excluding hydrogens is 591 g/mol. The molecule has 3 aromatic rings. The average molecular weight is 635 g/mol. The molecule has 5 rings (SSSR count). The number of fused-ring (bicyclic) bond motifs is 2. The molecule has 1 fully saturated rings. The van der Waals surface area contributed by atoms with Crippen LogP contribution in [0.15, 0.2) is 75.5 Å². The minimum atomic E-state index is -3.87. The van der Waals surface area contributed by atoms with Crippen LogP contribution in [0, 0.1) is 0 Å². The number of likely N-dealkylation sites (tertiary alicyclic amines) is 1. The Hall–Kier alpha value is -2.56. The quantitative estimate of drug-likeness (QED) is 0.323. The predicted molar refractivity (Wildman–Crippen MR) is 179 cm³/mol. The van der Waals surface area contributed by atoms with Crippen molar-refractivity contribution in [1.29, 1.82) is 0 Å². The molecule has 2 aliphatic heterocycles. The zero-order valence-corrected chi connectivity index (χ0v) is 27.0. The normalized spacial score (nSPS) is 15.9. The second kappa shape index (κ2) is 16.7. The number of methoxy groups -OCH3 is 1. The summed E-state index contributed by atoms with van der Waals surface area (Å²) >= 11 is 1.81. The molecule has 0 bridgehead atoms. The van der Waals surface area contributed by atoms with Crippen LogP contribution in [0.3, 0.4) is 0 Å². The molecule has 0 aliphatic carbocycles.